The van der Waals surface area contributed by atoms with Crippen molar-refractivity contribution in [3.8, 4) is 11.3 Å². The molecule has 9 nitrogen and oxygen atoms in total. The topological polar surface area (TPSA) is 119 Å². The number of carbonyl (C=O) groups is 2. The predicted octanol–water partition coefficient (Wildman–Crippen LogP) is 4.00. The van der Waals surface area contributed by atoms with E-state index in [1.54, 1.807) is 41.6 Å². The van der Waals surface area contributed by atoms with Crippen LogP contribution in [0.1, 0.15) is 41.5 Å². The number of aromatic nitrogens is 4. The Morgan fingerprint density at radius 3 is 2.69 bits per heavy atom. The van der Waals surface area contributed by atoms with E-state index >= 15 is 0 Å². The second-order valence-electron chi connectivity index (χ2n) is 8.49. The number of benzene rings is 1. The van der Waals surface area contributed by atoms with Crippen LogP contribution in [0.25, 0.3) is 16.8 Å². The highest BCUT2D eigenvalue weighted by atomic mass is 19.1. The Hall–Kier alpha value is -4.60. The van der Waals surface area contributed by atoms with Gasteiger partial charge in [-0.15, -0.1) is 0 Å². The monoisotopic (exact) mass is 485 g/mol. The Morgan fingerprint density at radius 2 is 1.94 bits per heavy atom. The summed E-state index contributed by atoms with van der Waals surface area (Å²) in [4.78, 5) is 40.1. The summed E-state index contributed by atoms with van der Waals surface area (Å²) in [6, 6.07) is 8.95. The van der Waals surface area contributed by atoms with Gasteiger partial charge in [-0.25, -0.2) is 19.3 Å². The average Bonchev–Trinajstić information content (AvgIpc) is 3.29. The molecule has 182 valence electrons. The molecule has 4 aromatic rings. The van der Waals surface area contributed by atoms with Crippen molar-refractivity contribution >= 4 is 29.0 Å². The first-order valence-corrected chi connectivity index (χ1v) is 11.5. The van der Waals surface area contributed by atoms with Crippen molar-refractivity contribution in [3.63, 3.8) is 0 Å². The first-order chi connectivity index (χ1) is 17.5. The van der Waals surface area contributed by atoms with Gasteiger partial charge in [-0.3, -0.25) is 14.0 Å². The number of anilines is 2. The summed E-state index contributed by atoms with van der Waals surface area (Å²) >= 11 is 0. The lowest BCUT2D eigenvalue weighted by molar-refractivity contribution is -0.129. The normalized spacial score (nSPS) is 15.6. The molecule has 1 atom stereocenters. The van der Waals surface area contributed by atoms with Crippen LogP contribution in [-0.2, 0) is 4.79 Å². The standard InChI is InChI=1S/C26H24FN7O2/c1-2-21(35)33-13-4-3-5-19(33)25-32-22(23-24(28)30-12-14-34(23)25)16-6-8-17(9-7-16)26(36)31-20-15-18(27)10-11-29-20/h2,6-12,14-15,19H,1,3-5,13H2,(H2,28,30)(H,29,31,36)/t19-/m0/s1. The molecule has 1 fully saturated rings. The fourth-order valence-corrected chi connectivity index (χ4v) is 4.55. The van der Waals surface area contributed by atoms with Crippen LogP contribution < -0.4 is 11.1 Å². The smallest absolute Gasteiger partial charge is 0.256 e. The molecular formula is C26H24FN7O2. The number of likely N-dealkylation sites (tertiary alicyclic amines) is 1. The van der Waals surface area contributed by atoms with E-state index in [-0.39, 0.29) is 17.8 Å². The van der Waals surface area contributed by atoms with Gasteiger partial charge in [0.15, 0.2) is 0 Å². The third-order valence-electron chi connectivity index (χ3n) is 6.25. The predicted molar refractivity (Wildman–Crippen MR) is 133 cm³/mol. The minimum Gasteiger partial charge on any atom is -0.382 e. The lowest BCUT2D eigenvalue weighted by Gasteiger charge is -2.34. The third kappa shape index (κ3) is 4.28. The molecule has 0 aliphatic carbocycles. The Balaban J connectivity index is 1.50. The number of nitrogens with two attached hydrogens (primary N) is 1. The number of hydrogen-bond donors (Lipinski definition) is 2. The highest BCUT2D eigenvalue weighted by Crippen LogP contribution is 2.36. The minimum atomic E-state index is -0.490. The number of carbonyl (C=O) groups excluding carboxylic acids is 2. The van der Waals surface area contributed by atoms with Crippen LogP contribution in [0.4, 0.5) is 16.0 Å². The summed E-state index contributed by atoms with van der Waals surface area (Å²) in [5.41, 5.74) is 8.60. The number of rotatable bonds is 5. The molecule has 3 N–H and O–H groups in total. The van der Waals surface area contributed by atoms with E-state index in [9.17, 15) is 14.0 Å². The quantitative estimate of drug-likeness (QED) is 0.413. The van der Waals surface area contributed by atoms with Gasteiger partial charge in [0.25, 0.3) is 5.91 Å². The highest BCUT2D eigenvalue weighted by Gasteiger charge is 2.31. The summed E-state index contributed by atoms with van der Waals surface area (Å²) < 4.78 is 15.3. The molecule has 36 heavy (non-hydrogen) atoms. The lowest BCUT2D eigenvalue weighted by Crippen LogP contribution is -2.38. The number of nitrogens with zero attached hydrogens (tertiary/aromatic N) is 5. The zero-order chi connectivity index (χ0) is 25.2. The van der Waals surface area contributed by atoms with Crippen LogP contribution in [0.5, 0.6) is 0 Å². The van der Waals surface area contributed by atoms with Gasteiger partial charge >= 0.3 is 0 Å². The molecular weight excluding hydrogens is 461 g/mol. The first-order valence-electron chi connectivity index (χ1n) is 11.5. The summed E-state index contributed by atoms with van der Waals surface area (Å²) in [5, 5.41) is 2.58. The lowest BCUT2D eigenvalue weighted by atomic mass is 10.0. The van der Waals surface area contributed by atoms with Gasteiger partial charge in [0, 0.05) is 42.3 Å². The number of hydrogen-bond acceptors (Lipinski definition) is 6. The van der Waals surface area contributed by atoms with Gasteiger partial charge in [-0.05, 0) is 43.5 Å². The molecule has 5 rings (SSSR count). The second kappa shape index (κ2) is 9.57. The molecule has 2 amide bonds. The van der Waals surface area contributed by atoms with Gasteiger partial charge in [0.05, 0.1) is 6.04 Å². The second-order valence-corrected chi connectivity index (χ2v) is 8.49. The van der Waals surface area contributed by atoms with Crippen LogP contribution in [-0.4, -0.2) is 42.6 Å². The van der Waals surface area contributed by atoms with E-state index in [2.05, 4.69) is 21.9 Å². The number of imidazole rings is 1. The molecule has 0 bridgehead atoms. The van der Waals surface area contributed by atoms with Gasteiger partial charge in [0.1, 0.15) is 34.5 Å². The first kappa shape index (κ1) is 23.2. The van der Waals surface area contributed by atoms with Gasteiger partial charge < -0.3 is 16.0 Å². The van der Waals surface area contributed by atoms with E-state index in [0.29, 0.717) is 35.0 Å². The van der Waals surface area contributed by atoms with E-state index < -0.39 is 11.7 Å². The Labute approximate surface area is 206 Å². The zero-order valence-corrected chi connectivity index (χ0v) is 19.4. The van der Waals surface area contributed by atoms with Crippen molar-refractivity contribution < 1.29 is 14.0 Å². The molecule has 0 saturated carbocycles. The third-order valence-corrected chi connectivity index (χ3v) is 6.25. The number of amides is 2. The van der Waals surface area contributed by atoms with E-state index in [4.69, 9.17) is 10.7 Å². The Morgan fingerprint density at radius 1 is 1.14 bits per heavy atom. The molecule has 1 aromatic carbocycles. The molecule has 0 unspecified atom stereocenters. The van der Waals surface area contributed by atoms with Crippen molar-refractivity contribution in [2.24, 2.45) is 0 Å². The average molecular weight is 486 g/mol. The number of nitrogen functional groups attached to an aromatic ring is 1. The maximum Gasteiger partial charge on any atom is 0.256 e. The van der Waals surface area contributed by atoms with E-state index in [1.807, 2.05) is 4.40 Å². The molecule has 1 aliphatic rings. The fraction of sp³-hybridized carbons (Fsp3) is 0.192. The minimum absolute atomic E-state index is 0.124. The molecule has 3 aromatic heterocycles. The van der Waals surface area contributed by atoms with Crippen LogP contribution >= 0.6 is 0 Å². The maximum absolute atomic E-state index is 13.4. The molecule has 0 radical (unpaired) electrons. The molecule has 1 saturated heterocycles. The maximum atomic E-state index is 13.4. The van der Waals surface area contributed by atoms with Crippen molar-refractivity contribution in [2.75, 3.05) is 17.6 Å². The van der Waals surface area contributed by atoms with Crippen LogP contribution in [0.2, 0.25) is 0 Å². The fourth-order valence-electron chi connectivity index (χ4n) is 4.55. The molecule has 10 heteroatoms. The van der Waals surface area contributed by atoms with Crippen LogP contribution in [0.3, 0.4) is 0 Å². The number of piperidine rings is 1. The van der Waals surface area contributed by atoms with E-state index in [0.717, 1.165) is 30.9 Å². The van der Waals surface area contributed by atoms with Crippen LogP contribution in [0, 0.1) is 5.82 Å². The molecule has 0 spiro atoms. The summed E-state index contributed by atoms with van der Waals surface area (Å²) in [6.45, 7) is 4.27. The van der Waals surface area contributed by atoms with Crippen molar-refractivity contribution in [2.45, 2.75) is 25.3 Å². The molecule has 4 heterocycles. The number of fused-ring (bicyclic) bond motifs is 1. The Kier molecular flexibility index (Phi) is 6.16. The zero-order valence-electron chi connectivity index (χ0n) is 19.4. The summed E-state index contributed by atoms with van der Waals surface area (Å²) in [6.07, 6.45) is 8.67. The number of halogens is 1. The van der Waals surface area contributed by atoms with E-state index in [1.165, 1.54) is 18.3 Å². The number of pyridine rings is 1. The SMILES string of the molecule is C=CC(=O)N1CCCC[C@H]1c1nc(-c2ccc(C(=O)Nc3cc(F)ccn3)cc2)c2c(N)nccn12. The van der Waals surface area contributed by atoms with Crippen molar-refractivity contribution in [1.29, 1.82) is 0 Å². The van der Waals surface area contributed by atoms with Gasteiger partial charge in [-0.1, -0.05) is 18.7 Å². The molecule has 1 aliphatic heterocycles. The van der Waals surface area contributed by atoms with Gasteiger partial charge in [-0.2, -0.15) is 0 Å². The largest absolute Gasteiger partial charge is 0.382 e. The van der Waals surface area contributed by atoms with Crippen molar-refractivity contribution in [3.05, 3.63) is 84.8 Å². The van der Waals surface area contributed by atoms with Gasteiger partial charge in [0.2, 0.25) is 5.91 Å². The summed E-state index contributed by atoms with van der Waals surface area (Å²) in [7, 11) is 0. The van der Waals surface area contributed by atoms with Crippen LogP contribution in [0.15, 0.2) is 67.6 Å². The number of nitrogens with one attached hydrogen (secondary N) is 1. The Bertz CT molecular complexity index is 1470. The summed E-state index contributed by atoms with van der Waals surface area (Å²) in [5.74, 6) is 0.0836. The van der Waals surface area contributed by atoms with Crippen molar-refractivity contribution in [1.82, 2.24) is 24.3 Å². The highest BCUT2D eigenvalue weighted by molar-refractivity contribution is 6.04.